The van der Waals surface area contributed by atoms with Crippen LogP contribution in [0.5, 0.6) is 11.5 Å². The number of halogens is 1. The van der Waals surface area contributed by atoms with Gasteiger partial charge in [-0.05, 0) is 62.8 Å². The Labute approximate surface area is 164 Å². The molecule has 0 saturated heterocycles. The number of rotatable bonds is 5. The highest BCUT2D eigenvalue weighted by Crippen LogP contribution is 2.44. The van der Waals surface area contributed by atoms with Gasteiger partial charge in [0.15, 0.2) is 0 Å². The quantitative estimate of drug-likeness (QED) is 0.550. The van der Waals surface area contributed by atoms with Crippen LogP contribution in [0.3, 0.4) is 0 Å². The first-order valence-corrected chi connectivity index (χ1v) is 9.55. The number of hydrogen-bond donors (Lipinski definition) is 0. The van der Waals surface area contributed by atoms with Crippen LogP contribution in [0.1, 0.15) is 41.2 Å². The number of ether oxygens (including phenoxy) is 2. The minimum atomic E-state index is -0.260. The van der Waals surface area contributed by atoms with Crippen LogP contribution in [0, 0.1) is 20.8 Å². The third kappa shape index (κ3) is 3.80. The van der Waals surface area contributed by atoms with Gasteiger partial charge in [-0.2, -0.15) is 0 Å². The lowest BCUT2D eigenvalue weighted by Gasteiger charge is -2.37. The molecule has 0 bridgehead atoms. The summed E-state index contributed by atoms with van der Waals surface area (Å²) in [6, 6.07) is 10.3. The third-order valence-electron chi connectivity index (χ3n) is 5.15. The van der Waals surface area contributed by atoms with Gasteiger partial charge in [-0.15, -0.1) is 0 Å². The second kappa shape index (κ2) is 7.54. The summed E-state index contributed by atoms with van der Waals surface area (Å²) in [5.74, 6) is 2.02. The zero-order valence-electron chi connectivity index (χ0n) is 15.3. The molecule has 4 heteroatoms. The minimum Gasteiger partial charge on any atom is -0.488 e. The lowest BCUT2D eigenvalue weighted by molar-refractivity contribution is 0.0303. The fourth-order valence-corrected chi connectivity index (χ4v) is 4.10. The van der Waals surface area contributed by atoms with E-state index in [1.807, 2.05) is 41.2 Å². The molecule has 134 valence electrons. The van der Waals surface area contributed by atoms with E-state index in [9.17, 15) is 0 Å². The van der Waals surface area contributed by atoms with E-state index in [4.69, 9.17) is 12.5 Å². The zero-order chi connectivity index (χ0) is 18.0. The standard InChI is InChI=1S/C21H25IO3/c1-14-15(2)20-18(10-11-21(4,25-20)13-24-22)16(3)19(14)23-12-17-8-6-5-7-9-17/h5-9H,10-13H2,1-4H3/t21-/m0/s1. The monoisotopic (exact) mass is 452 g/mol. The van der Waals surface area contributed by atoms with Crippen LogP contribution in [-0.4, -0.2) is 12.2 Å². The molecular weight excluding hydrogens is 427 g/mol. The van der Waals surface area contributed by atoms with Gasteiger partial charge < -0.3 is 12.5 Å². The average molecular weight is 452 g/mol. The van der Waals surface area contributed by atoms with Crippen LogP contribution in [0.4, 0.5) is 0 Å². The molecular formula is C21H25IO3. The molecule has 25 heavy (non-hydrogen) atoms. The molecule has 1 atom stereocenters. The number of hydrogen-bond acceptors (Lipinski definition) is 3. The Kier molecular flexibility index (Phi) is 5.58. The molecule has 2 aromatic rings. The summed E-state index contributed by atoms with van der Waals surface area (Å²) in [5, 5.41) is 0. The molecule has 0 radical (unpaired) electrons. The number of benzene rings is 2. The van der Waals surface area contributed by atoms with Crippen LogP contribution in [-0.2, 0) is 16.1 Å². The molecule has 0 N–H and O–H groups in total. The Balaban J connectivity index is 1.91. The average Bonchev–Trinajstić information content (AvgIpc) is 2.60. The third-order valence-corrected chi connectivity index (χ3v) is 5.46. The largest absolute Gasteiger partial charge is 0.488 e. The predicted octanol–water partition coefficient (Wildman–Crippen LogP) is 5.64. The van der Waals surface area contributed by atoms with Gasteiger partial charge in [0, 0.05) is 5.56 Å². The molecule has 3 rings (SSSR count). The number of fused-ring (bicyclic) bond motifs is 1. The first-order valence-electron chi connectivity index (χ1n) is 8.67. The Morgan fingerprint density at radius 1 is 1.08 bits per heavy atom. The second-order valence-electron chi connectivity index (χ2n) is 7.09. The van der Waals surface area contributed by atoms with Crippen LogP contribution in [0.25, 0.3) is 0 Å². The summed E-state index contributed by atoms with van der Waals surface area (Å²) >= 11 is 1.94. The maximum Gasteiger partial charge on any atom is 0.131 e. The molecule has 2 aromatic carbocycles. The minimum absolute atomic E-state index is 0.260. The van der Waals surface area contributed by atoms with Gasteiger partial charge >= 0.3 is 0 Å². The summed E-state index contributed by atoms with van der Waals surface area (Å²) < 4.78 is 17.9. The van der Waals surface area contributed by atoms with Crippen molar-refractivity contribution < 1.29 is 12.5 Å². The molecule has 0 aliphatic carbocycles. The predicted molar refractivity (Wildman–Crippen MR) is 109 cm³/mol. The molecule has 0 amide bonds. The maximum atomic E-state index is 6.38. The lowest BCUT2D eigenvalue weighted by Crippen LogP contribution is -2.40. The summed E-state index contributed by atoms with van der Waals surface area (Å²) in [7, 11) is 0. The van der Waals surface area contributed by atoms with Crippen molar-refractivity contribution in [2.24, 2.45) is 0 Å². The molecule has 1 aliphatic heterocycles. The van der Waals surface area contributed by atoms with Crippen molar-refractivity contribution in [1.82, 2.24) is 0 Å². The Hall–Kier alpha value is -1.27. The highest BCUT2D eigenvalue weighted by Gasteiger charge is 2.35. The van der Waals surface area contributed by atoms with Crippen molar-refractivity contribution in [3.63, 3.8) is 0 Å². The van der Waals surface area contributed by atoms with Gasteiger partial charge in [0.2, 0.25) is 0 Å². The van der Waals surface area contributed by atoms with Gasteiger partial charge in [0.25, 0.3) is 0 Å². The molecule has 0 saturated carbocycles. The first kappa shape index (κ1) is 18.5. The van der Waals surface area contributed by atoms with Crippen molar-refractivity contribution in [2.75, 3.05) is 6.61 Å². The van der Waals surface area contributed by atoms with Gasteiger partial charge in [0.1, 0.15) is 46.7 Å². The smallest absolute Gasteiger partial charge is 0.131 e. The van der Waals surface area contributed by atoms with E-state index in [2.05, 4.69) is 39.8 Å². The molecule has 3 nitrogen and oxygen atoms in total. The second-order valence-corrected chi connectivity index (χ2v) is 7.71. The van der Waals surface area contributed by atoms with E-state index >= 15 is 0 Å². The van der Waals surface area contributed by atoms with Crippen molar-refractivity contribution in [2.45, 2.75) is 52.7 Å². The van der Waals surface area contributed by atoms with Crippen molar-refractivity contribution in [3.05, 3.63) is 58.1 Å². The van der Waals surface area contributed by atoms with Gasteiger partial charge in [-0.1, -0.05) is 30.3 Å². The molecule has 1 aliphatic rings. The zero-order valence-corrected chi connectivity index (χ0v) is 17.5. The maximum absolute atomic E-state index is 6.38. The van der Waals surface area contributed by atoms with Crippen LogP contribution in [0.2, 0.25) is 0 Å². The fourth-order valence-electron chi connectivity index (χ4n) is 3.44. The van der Waals surface area contributed by atoms with Crippen LogP contribution < -0.4 is 9.47 Å². The summed E-state index contributed by atoms with van der Waals surface area (Å²) in [4.78, 5) is 0. The Bertz CT molecular complexity index is 758. The first-order chi connectivity index (χ1) is 11.9. The van der Waals surface area contributed by atoms with Crippen molar-refractivity contribution in [1.29, 1.82) is 0 Å². The Morgan fingerprint density at radius 3 is 2.48 bits per heavy atom. The van der Waals surface area contributed by atoms with E-state index in [1.54, 1.807) is 0 Å². The van der Waals surface area contributed by atoms with Gasteiger partial charge in [-0.3, -0.25) is 0 Å². The fraction of sp³-hybridized carbons (Fsp3) is 0.429. The topological polar surface area (TPSA) is 27.7 Å². The highest BCUT2D eigenvalue weighted by molar-refractivity contribution is 14.1. The van der Waals surface area contributed by atoms with E-state index in [1.165, 1.54) is 22.3 Å². The van der Waals surface area contributed by atoms with Crippen molar-refractivity contribution >= 4 is 23.0 Å². The molecule has 0 spiro atoms. The summed E-state index contributed by atoms with van der Waals surface area (Å²) in [6.45, 7) is 9.69. The van der Waals surface area contributed by atoms with Gasteiger partial charge in [0.05, 0.1) is 6.61 Å². The van der Waals surface area contributed by atoms with E-state index in [0.717, 1.165) is 29.9 Å². The van der Waals surface area contributed by atoms with E-state index < -0.39 is 0 Å². The molecule has 0 aromatic heterocycles. The highest BCUT2D eigenvalue weighted by atomic mass is 127. The van der Waals surface area contributed by atoms with Crippen molar-refractivity contribution in [3.8, 4) is 11.5 Å². The molecule has 0 fully saturated rings. The summed E-state index contributed by atoms with van der Waals surface area (Å²) in [5.41, 5.74) is 5.72. The van der Waals surface area contributed by atoms with Crippen LogP contribution in [0.15, 0.2) is 30.3 Å². The molecule has 1 heterocycles. The molecule has 0 unspecified atom stereocenters. The van der Waals surface area contributed by atoms with Crippen LogP contribution >= 0.6 is 23.0 Å². The Morgan fingerprint density at radius 2 is 1.80 bits per heavy atom. The van der Waals surface area contributed by atoms with Gasteiger partial charge in [-0.25, -0.2) is 0 Å². The summed E-state index contributed by atoms with van der Waals surface area (Å²) in [6.07, 6.45) is 1.94. The lowest BCUT2D eigenvalue weighted by atomic mass is 9.87. The van der Waals surface area contributed by atoms with E-state index in [0.29, 0.717) is 13.2 Å². The van der Waals surface area contributed by atoms with E-state index in [-0.39, 0.29) is 5.60 Å². The normalized spacial score (nSPS) is 19.2. The SMILES string of the molecule is Cc1c(C)c2c(c(C)c1OCc1ccccc1)CC[C@@](C)(COI)O2.